The molecule has 128 valence electrons. The maximum absolute atomic E-state index is 12.0. The first-order chi connectivity index (χ1) is 11.5. The lowest BCUT2D eigenvalue weighted by atomic mass is 10.1. The average Bonchev–Trinajstić information content (AvgIpc) is 2.97. The molecule has 6 nitrogen and oxygen atoms in total. The summed E-state index contributed by atoms with van der Waals surface area (Å²) < 4.78 is 30.0. The number of nitrogens with one attached hydrogen (secondary N) is 2. The van der Waals surface area contributed by atoms with E-state index in [0.717, 1.165) is 5.56 Å². The van der Waals surface area contributed by atoms with E-state index in [1.165, 1.54) is 12.1 Å². The number of halogens is 2. The summed E-state index contributed by atoms with van der Waals surface area (Å²) in [6, 6.07) is 9.39. The molecule has 24 heavy (non-hydrogen) atoms. The van der Waals surface area contributed by atoms with Gasteiger partial charge in [-0.05, 0) is 36.2 Å². The Balaban J connectivity index is 1.75. The van der Waals surface area contributed by atoms with Crippen LogP contribution in [0, 0.1) is 0 Å². The monoisotopic (exact) mass is 337 g/mol. The van der Waals surface area contributed by atoms with E-state index in [4.69, 9.17) is 0 Å². The summed E-state index contributed by atoms with van der Waals surface area (Å²) in [4.78, 5) is 23.5. The molecule has 0 fully saturated rings. The van der Waals surface area contributed by atoms with Crippen molar-refractivity contribution in [2.75, 3.05) is 0 Å². The summed E-state index contributed by atoms with van der Waals surface area (Å²) in [6.45, 7) is -2.87. The second kappa shape index (κ2) is 8.09. The third kappa shape index (κ3) is 5.08. The van der Waals surface area contributed by atoms with Crippen molar-refractivity contribution in [1.29, 1.82) is 0 Å². The summed E-state index contributed by atoms with van der Waals surface area (Å²) in [5.74, 6) is -0.706. The number of hydrogen-bond donors (Lipinski definition) is 2. The lowest BCUT2D eigenvalue weighted by Crippen LogP contribution is -2.42. The number of hydrogen-bond acceptors (Lipinski definition) is 3. The normalized spacial score (nSPS) is 10.5. The smallest absolute Gasteiger partial charge is 0.387 e. The highest BCUT2D eigenvalue weighted by Gasteiger charge is 2.10. The molecular formula is C16H17F2N3O3. The molecule has 2 amide bonds. The van der Waals surface area contributed by atoms with Gasteiger partial charge in [0, 0.05) is 19.7 Å². The van der Waals surface area contributed by atoms with Crippen LogP contribution in [-0.2, 0) is 18.3 Å². The Hall–Kier alpha value is -2.90. The third-order valence-electron chi connectivity index (χ3n) is 3.28. The van der Waals surface area contributed by atoms with E-state index in [0.29, 0.717) is 12.1 Å². The quantitative estimate of drug-likeness (QED) is 0.792. The molecule has 1 heterocycles. The number of carbonyl (C=O) groups is 2. The van der Waals surface area contributed by atoms with Crippen LogP contribution in [0.15, 0.2) is 42.6 Å². The first-order valence-electron chi connectivity index (χ1n) is 7.20. The van der Waals surface area contributed by atoms with Gasteiger partial charge < -0.3 is 9.30 Å². The van der Waals surface area contributed by atoms with E-state index in [2.05, 4.69) is 15.6 Å². The molecule has 0 spiro atoms. The van der Waals surface area contributed by atoms with Crippen molar-refractivity contribution in [3.8, 4) is 5.75 Å². The molecular weight excluding hydrogens is 320 g/mol. The molecule has 8 heteroatoms. The van der Waals surface area contributed by atoms with E-state index in [1.54, 1.807) is 42.1 Å². The molecule has 0 saturated carbocycles. The molecule has 1 aromatic heterocycles. The summed E-state index contributed by atoms with van der Waals surface area (Å²) in [6.07, 6.45) is 2.27. The molecule has 0 unspecified atom stereocenters. The zero-order valence-corrected chi connectivity index (χ0v) is 13.0. The zero-order chi connectivity index (χ0) is 17.5. The minimum atomic E-state index is -2.87. The van der Waals surface area contributed by atoms with Gasteiger partial charge in [-0.1, -0.05) is 12.1 Å². The van der Waals surface area contributed by atoms with Crippen molar-refractivity contribution in [1.82, 2.24) is 15.4 Å². The van der Waals surface area contributed by atoms with Gasteiger partial charge in [-0.2, -0.15) is 8.78 Å². The van der Waals surface area contributed by atoms with E-state index in [9.17, 15) is 18.4 Å². The molecule has 0 atom stereocenters. The fourth-order valence-corrected chi connectivity index (χ4v) is 2.05. The molecule has 2 N–H and O–H groups in total. The Labute approximate surface area is 137 Å². The first-order valence-corrected chi connectivity index (χ1v) is 7.20. The number of nitrogens with zero attached hydrogens (tertiary/aromatic N) is 1. The highest BCUT2D eigenvalue weighted by Crippen LogP contribution is 2.15. The molecule has 2 rings (SSSR count). The van der Waals surface area contributed by atoms with Crippen molar-refractivity contribution < 1.29 is 23.1 Å². The number of ether oxygens (including phenoxy) is 1. The molecule has 1 aromatic carbocycles. The van der Waals surface area contributed by atoms with Crippen molar-refractivity contribution >= 4 is 11.8 Å². The predicted molar refractivity (Wildman–Crippen MR) is 82.4 cm³/mol. The van der Waals surface area contributed by atoms with Gasteiger partial charge in [0.05, 0.1) is 0 Å². The van der Waals surface area contributed by atoms with Crippen molar-refractivity contribution in [2.24, 2.45) is 7.05 Å². The first kappa shape index (κ1) is 17.5. The fraction of sp³-hybridized carbons (Fsp3) is 0.250. The standard InChI is InChI=1S/C16H17F2N3O3/c1-21-10-2-3-13(21)15(23)20-19-14(22)9-6-11-4-7-12(8-5-11)24-16(17)18/h2-5,7-8,10,16H,6,9H2,1H3,(H,19,22)(H,20,23). The third-order valence-corrected chi connectivity index (χ3v) is 3.28. The minimum absolute atomic E-state index is 0.0630. The fourth-order valence-electron chi connectivity index (χ4n) is 2.05. The molecule has 0 aliphatic rings. The predicted octanol–water partition coefficient (Wildman–Crippen LogP) is 2.02. The van der Waals surface area contributed by atoms with Crippen molar-refractivity contribution in [2.45, 2.75) is 19.5 Å². The average molecular weight is 337 g/mol. The minimum Gasteiger partial charge on any atom is -0.435 e. The van der Waals surface area contributed by atoms with Crippen LogP contribution >= 0.6 is 0 Å². The Bertz CT molecular complexity index is 699. The molecule has 0 radical (unpaired) electrons. The molecule has 0 saturated heterocycles. The van der Waals surface area contributed by atoms with Gasteiger partial charge in [0.2, 0.25) is 5.91 Å². The Morgan fingerprint density at radius 2 is 1.88 bits per heavy atom. The second-order valence-corrected chi connectivity index (χ2v) is 5.03. The van der Waals surface area contributed by atoms with Gasteiger partial charge in [-0.15, -0.1) is 0 Å². The van der Waals surface area contributed by atoms with Crippen LogP contribution in [0.5, 0.6) is 5.75 Å². The molecule has 0 aliphatic carbocycles. The van der Waals surface area contributed by atoms with Crippen LogP contribution in [-0.4, -0.2) is 23.0 Å². The van der Waals surface area contributed by atoms with Crippen molar-refractivity contribution in [3.05, 3.63) is 53.9 Å². The van der Waals surface area contributed by atoms with Crippen molar-refractivity contribution in [3.63, 3.8) is 0 Å². The van der Waals surface area contributed by atoms with Gasteiger partial charge in [0.25, 0.3) is 5.91 Å². The topological polar surface area (TPSA) is 72.4 Å². The summed E-state index contributed by atoms with van der Waals surface area (Å²) >= 11 is 0. The number of hydrazine groups is 1. The number of carbonyl (C=O) groups excluding carboxylic acids is 2. The van der Waals surface area contributed by atoms with Gasteiger partial charge in [0.1, 0.15) is 11.4 Å². The maximum Gasteiger partial charge on any atom is 0.387 e. The van der Waals surface area contributed by atoms with Crippen LogP contribution in [0.1, 0.15) is 22.5 Å². The molecule has 0 aliphatic heterocycles. The van der Waals surface area contributed by atoms with Gasteiger partial charge in [0.15, 0.2) is 0 Å². The summed E-state index contributed by atoms with van der Waals surface area (Å²) in [5, 5.41) is 0. The number of aromatic nitrogens is 1. The lowest BCUT2D eigenvalue weighted by molar-refractivity contribution is -0.121. The van der Waals surface area contributed by atoms with E-state index in [1.807, 2.05) is 0 Å². The van der Waals surface area contributed by atoms with Crippen LogP contribution in [0.4, 0.5) is 8.78 Å². The van der Waals surface area contributed by atoms with Gasteiger partial charge in [-0.3, -0.25) is 20.4 Å². The number of aryl methyl sites for hydroxylation is 2. The number of amides is 2. The van der Waals surface area contributed by atoms with Crippen LogP contribution in [0.2, 0.25) is 0 Å². The number of rotatable bonds is 6. The Morgan fingerprint density at radius 1 is 1.17 bits per heavy atom. The maximum atomic E-state index is 12.0. The van der Waals surface area contributed by atoms with Gasteiger partial charge in [-0.25, -0.2) is 0 Å². The lowest BCUT2D eigenvalue weighted by Gasteiger charge is -2.08. The zero-order valence-electron chi connectivity index (χ0n) is 13.0. The number of benzene rings is 1. The Kier molecular flexibility index (Phi) is 5.89. The second-order valence-electron chi connectivity index (χ2n) is 5.03. The van der Waals surface area contributed by atoms with Crippen LogP contribution < -0.4 is 15.6 Å². The molecule has 2 aromatic rings. The molecule has 0 bridgehead atoms. The van der Waals surface area contributed by atoms with Crippen LogP contribution in [0.25, 0.3) is 0 Å². The van der Waals surface area contributed by atoms with E-state index >= 15 is 0 Å². The number of alkyl halides is 2. The highest BCUT2D eigenvalue weighted by atomic mass is 19.3. The summed E-state index contributed by atoms with van der Waals surface area (Å²) in [5.41, 5.74) is 5.87. The van der Waals surface area contributed by atoms with E-state index < -0.39 is 12.5 Å². The Morgan fingerprint density at radius 3 is 2.46 bits per heavy atom. The highest BCUT2D eigenvalue weighted by molar-refractivity contribution is 5.94. The SMILES string of the molecule is Cn1cccc1C(=O)NNC(=O)CCc1ccc(OC(F)F)cc1. The van der Waals surface area contributed by atoms with E-state index in [-0.39, 0.29) is 18.1 Å². The summed E-state index contributed by atoms with van der Waals surface area (Å²) in [7, 11) is 1.72. The van der Waals surface area contributed by atoms with Crippen LogP contribution in [0.3, 0.4) is 0 Å². The van der Waals surface area contributed by atoms with Gasteiger partial charge >= 0.3 is 6.61 Å². The largest absolute Gasteiger partial charge is 0.435 e.